The number of carbonyl (C=O) groups excluding carboxylic acids is 1. The molecule has 0 aliphatic heterocycles. The second-order valence-electron chi connectivity index (χ2n) is 4.38. The molecule has 0 bridgehead atoms. The van der Waals surface area contributed by atoms with Gasteiger partial charge >= 0.3 is 0 Å². The summed E-state index contributed by atoms with van der Waals surface area (Å²) < 4.78 is 0.637. The first-order valence-corrected chi connectivity index (χ1v) is 5.68. The maximum atomic E-state index is 11.5. The lowest BCUT2D eigenvalue weighted by Crippen LogP contribution is -2.41. The van der Waals surface area contributed by atoms with Crippen LogP contribution in [0.25, 0.3) is 0 Å². The average molecular weight is 287 g/mol. The Bertz CT molecular complexity index is 358. The highest BCUT2D eigenvalue weighted by Crippen LogP contribution is 2.06. The van der Waals surface area contributed by atoms with Crippen LogP contribution in [-0.2, 0) is 4.79 Å². The summed E-state index contributed by atoms with van der Waals surface area (Å²) in [6, 6.07) is 0. The molecule has 0 saturated carbocycles. The van der Waals surface area contributed by atoms with E-state index in [2.05, 4.69) is 36.5 Å². The topological polar surface area (TPSA) is 66.9 Å². The van der Waals surface area contributed by atoms with E-state index in [1.165, 1.54) is 12.4 Å². The summed E-state index contributed by atoms with van der Waals surface area (Å²) in [5.41, 5.74) is -0.0806. The van der Waals surface area contributed by atoms with E-state index < -0.39 is 0 Å². The van der Waals surface area contributed by atoms with Gasteiger partial charge < -0.3 is 10.6 Å². The van der Waals surface area contributed by atoms with Gasteiger partial charge in [0.2, 0.25) is 5.91 Å². The zero-order valence-electron chi connectivity index (χ0n) is 9.54. The fourth-order valence-corrected chi connectivity index (χ4v) is 1.11. The number of nitrogens with one attached hydrogen (secondary N) is 2. The zero-order valence-corrected chi connectivity index (χ0v) is 11.1. The van der Waals surface area contributed by atoms with Crippen molar-refractivity contribution in [3.63, 3.8) is 0 Å². The third-order valence-electron chi connectivity index (χ3n) is 1.67. The van der Waals surface area contributed by atoms with Gasteiger partial charge in [0.15, 0.2) is 5.82 Å². The highest BCUT2D eigenvalue weighted by Gasteiger charge is 2.11. The summed E-state index contributed by atoms with van der Waals surface area (Å²) in [5.74, 6) is 0.315. The van der Waals surface area contributed by atoms with E-state index in [1.807, 2.05) is 20.8 Å². The smallest absolute Gasteiger partial charge is 0.239 e. The van der Waals surface area contributed by atoms with Crippen molar-refractivity contribution in [2.24, 2.45) is 0 Å². The van der Waals surface area contributed by atoms with E-state index in [0.717, 1.165) is 0 Å². The summed E-state index contributed by atoms with van der Waals surface area (Å²) in [5, 5.41) is 5.73. The lowest BCUT2D eigenvalue weighted by molar-refractivity contribution is -0.115. The quantitative estimate of drug-likeness (QED) is 0.885. The number of hydrogen-bond donors (Lipinski definition) is 2. The van der Waals surface area contributed by atoms with Gasteiger partial charge in [-0.25, -0.2) is 9.97 Å². The van der Waals surface area contributed by atoms with Crippen molar-refractivity contribution in [1.29, 1.82) is 0 Å². The van der Waals surface area contributed by atoms with E-state index in [0.29, 0.717) is 10.4 Å². The molecular formula is C10H15BrN4O. The second-order valence-corrected chi connectivity index (χ2v) is 5.19. The van der Waals surface area contributed by atoms with Crippen molar-refractivity contribution >= 4 is 27.7 Å². The zero-order chi connectivity index (χ0) is 12.2. The number of halogens is 1. The molecule has 1 heterocycles. The maximum absolute atomic E-state index is 11.5. The van der Waals surface area contributed by atoms with Crippen LogP contribution >= 0.6 is 15.9 Å². The number of nitrogens with zero attached hydrogens (tertiary/aromatic N) is 2. The SMILES string of the molecule is CC(C)(C)NCC(=O)Nc1cnc(Br)cn1. The number of anilines is 1. The lowest BCUT2D eigenvalue weighted by atomic mass is 10.1. The van der Waals surface area contributed by atoms with Gasteiger partial charge in [-0.05, 0) is 36.7 Å². The molecule has 1 aromatic rings. The Kier molecular flexibility index (Phi) is 4.37. The summed E-state index contributed by atoms with van der Waals surface area (Å²) in [6.07, 6.45) is 3.03. The fraction of sp³-hybridized carbons (Fsp3) is 0.500. The fourth-order valence-electron chi connectivity index (χ4n) is 0.909. The average Bonchev–Trinajstić information content (AvgIpc) is 2.18. The van der Waals surface area contributed by atoms with Crippen LogP contribution in [0, 0.1) is 0 Å². The molecular weight excluding hydrogens is 272 g/mol. The van der Waals surface area contributed by atoms with Crippen molar-refractivity contribution < 1.29 is 4.79 Å². The van der Waals surface area contributed by atoms with Crippen LogP contribution in [0.1, 0.15) is 20.8 Å². The van der Waals surface area contributed by atoms with E-state index in [9.17, 15) is 4.79 Å². The van der Waals surface area contributed by atoms with Crippen LogP contribution in [0.4, 0.5) is 5.82 Å². The van der Waals surface area contributed by atoms with E-state index in [1.54, 1.807) is 0 Å². The van der Waals surface area contributed by atoms with Crippen molar-refractivity contribution in [1.82, 2.24) is 15.3 Å². The molecule has 0 unspecified atom stereocenters. The molecule has 0 aliphatic carbocycles. The largest absolute Gasteiger partial charge is 0.308 e. The molecule has 1 rings (SSSR count). The molecule has 16 heavy (non-hydrogen) atoms. The standard InChI is InChI=1S/C10H15BrN4O/c1-10(2,3)14-6-9(16)15-8-5-12-7(11)4-13-8/h4-5,14H,6H2,1-3H3,(H,13,15,16). The van der Waals surface area contributed by atoms with Crippen LogP contribution in [-0.4, -0.2) is 28.0 Å². The number of rotatable bonds is 3. The Morgan fingerprint density at radius 2 is 2.06 bits per heavy atom. The first kappa shape index (κ1) is 13.1. The predicted octanol–water partition coefficient (Wildman–Crippen LogP) is 1.57. The van der Waals surface area contributed by atoms with Crippen molar-refractivity contribution in [2.45, 2.75) is 26.3 Å². The third-order valence-corrected chi connectivity index (χ3v) is 2.08. The molecule has 0 atom stereocenters. The van der Waals surface area contributed by atoms with Crippen molar-refractivity contribution in [3.05, 3.63) is 17.0 Å². The number of carbonyl (C=O) groups is 1. The molecule has 88 valence electrons. The monoisotopic (exact) mass is 286 g/mol. The third kappa shape index (κ3) is 5.18. The molecule has 6 heteroatoms. The Labute approximate surface area is 103 Å². The summed E-state index contributed by atoms with van der Waals surface area (Å²) in [7, 11) is 0. The van der Waals surface area contributed by atoms with E-state index in [-0.39, 0.29) is 18.0 Å². The van der Waals surface area contributed by atoms with Gasteiger partial charge in [0, 0.05) is 5.54 Å². The van der Waals surface area contributed by atoms with E-state index >= 15 is 0 Å². The van der Waals surface area contributed by atoms with Gasteiger partial charge in [0.05, 0.1) is 18.9 Å². The van der Waals surface area contributed by atoms with Crippen LogP contribution in [0.5, 0.6) is 0 Å². The molecule has 2 N–H and O–H groups in total. The molecule has 0 spiro atoms. The van der Waals surface area contributed by atoms with Crippen LogP contribution < -0.4 is 10.6 Å². The highest BCUT2D eigenvalue weighted by atomic mass is 79.9. The van der Waals surface area contributed by atoms with Crippen LogP contribution in [0.2, 0.25) is 0 Å². The first-order chi connectivity index (χ1) is 7.37. The number of hydrogen-bond acceptors (Lipinski definition) is 4. The van der Waals surface area contributed by atoms with Crippen molar-refractivity contribution in [2.75, 3.05) is 11.9 Å². The molecule has 5 nitrogen and oxygen atoms in total. The molecule has 1 amide bonds. The molecule has 0 radical (unpaired) electrons. The minimum Gasteiger partial charge on any atom is -0.308 e. The molecule has 0 aromatic carbocycles. The van der Waals surface area contributed by atoms with Gasteiger partial charge in [0.1, 0.15) is 4.60 Å². The minimum atomic E-state index is -0.133. The van der Waals surface area contributed by atoms with Crippen molar-refractivity contribution in [3.8, 4) is 0 Å². The normalized spacial score (nSPS) is 11.2. The number of amides is 1. The summed E-state index contributed by atoms with van der Waals surface area (Å²) >= 11 is 3.17. The number of aromatic nitrogens is 2. The molecule has 0 aliphatic rings. The Morgan fingerprint density at radius 3 is 2.56 bits per heavy atom. The Morgan fingerprint density at radius 1 is 1.38 bits per heavy atom. The molecule has 0 saturated heterocycles. The van der Waals surface area contributed by atoms with Gasteiger partial charge in [-0.3, -0.25) is 4.79 Å². The van der Waals surface area contributed by atoms with Crippen LogP contribution in [0.3, 0.4) is 0 Å². The highest BCUT2D eigenvalue weighted by molar-refractivity contribution is 9.10. The van der Waals surface area contributed by atoms with Crippen LogP contribution in [0.15, 0.2) is 17.0 Å². The summed E-state index contributed by atoms with van der Waals surface area (Å²) in [4.78, 5) is 19.4. The maximum Gasteiger partial charge on any atom is 0.239 e. The van der Waals surface area contributed by atoms with Gasteiger partial charge in [0.25, 0.3) is 0 Å². The molecule has 0 fully saturated rings. The Balaban J connectivity index is 2.43. The lowest BCUT2D eigenvalue weighted by Gasteiger charge is -2.19. The predicted molar refractivity (Wildman–Crippen MR) is 66.1 cm³/mol. The van der Waals surface area contributed by atoms with Gasteiger partial charge in [-0.1, -0.05) is 0 Å². The first-order valence-electron chi connectivity index (χ1n) is 4.89. The second kappa shape index (κ2) is 5.36. The van der Waals surface area contributed by atoms with Gasteiger partial charge in [-0.15, -0.1) is 0 Å². The summed E-state index contributed by atoms with van der Waals surface area (Å²) in [6.45, 7) is 6.25. The van der Waals surface area contributed by atoms with Gasteiger partial charge in [-0.2, -0.15) is 0 Å². The minimum absolute atomic E-state index is 0.0806. The van der Waals surface area contributed by atoms with E-state index in [4.69, 9.17) is 0 Å². The Hall–Kier alpha value is -1.01. The molecule has 1 aromatic heterocycles.